The number of nitrogens with one attached hydrogen (secondary N) is 1. The smallest absolute Gasteiger partial charge is 0.263 e. The number of sulfonamides is 1. The second-order valence-corrected chi connectivity index (χ2v) is 7.90. The van der Waals surface area contributed by atoms with Crippen LogP contribution in [0.3, 0.4) is 0 Å². The van der Waals surface area contributed by atoms with Crippen LogP contribution in [0.1, 0.15) is 12.5 Å². The van der Waals surface area contributed by atoms with Crippen LogP contribution in [0.15, 0.2) is 71.8 Å². The van der Waals surface area contributed by atoms with E-state index in [1.807, 2.05) is 36.4 Å². The Kier molecular flexibility index (Phi) is 5.84. The third kappa shape index (κ3) is 4.26. The van der Waals surface area contributed by atoms with E-state index in [9.17, 15) is 8.42 Å². The van der Waals surface area contributed by atoms with Crippen molar-refractivity contribution in [3.63, 3.8) is 0 Å². The van der Waals surface area contributed by atoms with E-state index in [0.717, 1.165) is 23.5 Å². The lowest BCUT2D eigenvalue weighted by Crippen LogP contribution is -2.17. The van der Waals surface area contributed by atoms with E-state index in [2.05, 4.69) is 21.5 Å². The molecule has 0 aliphatic heterocycles. The Balaban J connectivity index is 1.81. The molecule has 0 radical (unpaired) electrons. The van der Waals surface area contributed by atoms with Gasteiger partial charge in [-0.3, -0.25) is 4.72 Å². The third-order valence-corrected chi connectivity index (χ3v) is 5.71. The van der Waals surface area contributed by atoms with Gasteiger partial charge in [-0.25, -0.2) is 13.4 Å². The quantitative estimate of drug-likeness (QED) is 0.641. The van der Waals surface area contributed by atoms with Gasteiger partial charge in [-0.2, -0.15) is 0 Å². The summed E-state index contributed by atoms with van der Waals surface area (Å²) in [5.74, 6) is 0.906. The molecule has 2 aromatic carbocycles. The van der Waals surface area contributed by atoms with Gasteiger partial charge in [0.2, 0.25) is 0 Å². The number of nitrogens with zero attached hydrogens (tertiary/aromatic N) is 2. The van der Waals surface area contributed by atoms with Crippen LogP contribution >= 0.6 is 0 Å². The summed E-state index contributed by atoms with van der Waals surface area (Å²) in [5, 5.41) is 0. The molecule has 0 saturated carbocycles. The molecule has 0 atom stereocenters. The molecule has 0 fully saturated rings. The minimum atomic E-state index is -3.73. The topological polar surface area (TPSA) is 71.5 Å². The Hall–Kier alpha value is -3.06. The second kappa shape index (κ2) is 8.31. The van der Waals surface area contributed by atoms with Gasteiger partial charge < -0.3 is 9.64 Å². The zero-order valence-corrected chi connectivity index (χ0v) is 16.9. The van der Waals surface area contributed by atoms with Gasteiger partial charge >= 0.3 is 0 Å². The SMILES string of the molecule is CCN(c1ccccc1)c1ccc(NS(=O)(=O)c2ccc(OC)c(C)c2)nc1. The third-order valence-electron chi connectivity index (χ3n) is 4.36. The number of rotatable bonds is 7. The maximum Gasteiger partial charge on any atom is 0.263 e. The van der Waals surface area contributed by atoms with Gasteiger partial charge in [0.15, 0.2) is 0 Å². The molecule has 0 spiro atoms. The van der Waals surface area contributed by atoms with Crippen LogP contribution in [-0.4, -0.2) is 27.1 Å². The van der Waals surface area contributed by atoms with Crippen LogP contribution in [-0.2, 0) is 10.0 Å². The van der Waals surface area contributed by atoms with Gasteiger partial charge in [0.25, 0.3) is 10.0 Å². The van der Waals surface area contributed by atoms with E-state index in [1.54, 1.807) is 38.4 Å². The van der Waals surface area contributed by atoms with Crippen molar-refractivity contribution in [1.29, 1.82) is 0 Å². The monoisotopic (exact) mass is 397 g/mol. The van der Waals surface area contributed by atoms with Crippen molar-refractivity contribution in [1.82, 2.24) is 4.98 Å². The minimum Gasteiger partial charge on any atom is -0.496 e. The summed E-state index contributed by atoms with van der Waals surface area (Å²) in [6, 6.07) is 18.2. The van der Waals surface area contributed by atoms with Crippen LogP contribution in [0.2, 0.25) is 0 Å². The fraction of sp³-hybridized carbons (Fsp3) is 0.190. The lowest BCUT2D eigenvalue weighted by molar-refractivity contribution is 0.411. The molecule has 1 heterocycles. The van der Waals surface area contributed by atoms with Crippen molar-refractivity contribution in [3.8, 4) is 5.75 Å². The molecule has 7 heteroatoms. The van der Waals surface area contributed by atoms with Gasteiger partial charge in [0, 0.05) is 12.2 Å². The summed E-state index contributed by atoms with van der Waals surface area (Å²) in [4.78, 5) is 6.54. The van der Waals surface area contributed by atoms with E-state index < -0.39 is 10.0 Å². The van der Waals surface area contributed by atoms with Crippen LogP contribution in [0.5, 0.6) is 5.75 Å². The summed E-state index contributed by atoms with van der Waals surface area (Å²) < 4.78 is 33.0. The fourth-order valence-electron chi connectivity index (χ4n) is 2.94. The molecule has 3 aromatic rings. The molecule has 0 unspecified atom stereocenters. The van der Waals surface area contributed by atoms with Crippen molar-refractivity contribution in [3.05, 3.63) is 72.4 Å². The zero-order valence-electron chi connectivity index (χ0n) is 16.1. The summed E-state index contributed by atoms with van der Waals surface area (Å²) in [7, 11) is -2.18. The predicted octanol–water partition coefficient (Wildman–Crippen LogP) is 4.36. The second-order valence-electron chi connectivity index (χ2n) is 6.22. The molecule has 0 aliphatic rings. The first-order chi connectivity index (χ1) is 13.4. The Morgan fingerprint density at radius 3 is 2.36 bits per heavy atom. The van der Waals surface area contributed by atoms with Crippen LogP contribution < -0.4 is 14.4 Å². The average Bonchev–Trinajstić information content (AvgIpc) is 2.70. The Morgan fingerprint density at radius 2 is 1.79 bits per heavy atom. The molecular formula is C21H23N3O3S. The number of aromatic nitrogens is 1. The summed E-state index contributed by atoms with van der Waals surface area (Å²) >= 11 is 0. The van der Waals surface area contributed by atoms with Gasteiger partial charge in [-0.15, -0.1) is 0 Å². The summed E-state index contributed by atoms with van der Waals surface area (Å²) in [5.41, 5.74) is 2.68. The number of methoxy groups -OCH3 is 1. The lowest BCUT2D eigenvalue weighted by atomic mass is 10.2. The fourth-order valence-corrected chi connectivity index (χ4v) is 4.04. The standard InChI is InChI=1S/C21H23N3O3S/c1-4-24(17-8-6-5-7-9-17)18-10-13-21(22-15-18)23-28(25,26)19-11-12-20(27-3)16(2)14-19/h5-15H,4H2,1-3H3,(H,22,23). The number of para-hydroxylation sites is 1. The molecule has 6 nitrogen and oxygen atoms in total. The number of ether oxygens (including phenoxy) is 1. The maximum absolute atomic E-state index is 12.6. The van der Waals surface area contributed by atoms with Crippen LogP contribution in [0.25, 0.3) is 0 Å². The highest BCUT2D eigenvalue weighted by molar-refractivity contribution is 7.92. The van der Waals surface area contributed by atoms with Crippen LogP contribution in [0, 0.1) is 6.92 Å². The molecule has 1 N–H and O–H groups in total. The first kappa shape index (κ1) is 19.7. The van der Waals surface area contributed by atoms with Crippen molar-refractivity contribution in [2.45, 2.75) is 18.7 Å². The summed E-state index contributed by atoms with van der Waals surface area (Å²) in [6.07, 6.45) is 1.66. The van der Waals surface area contributed by atoms with Crippen LogP contribution in [0.4, 0.5) is 17.2 Å². The molecule has 28 heavy (non-hydrogen) atoms. The van der Waals surface area contributed by atoms with E-state index in [-0.39, 0.29) is 10.7 Å². The first-order valence-corrected chi connectivity index (χ1v) is 10.4. The molecule has 0 bridgehead atoms. The highest BCUT2D eigenvalue weighted by Crippen LogP contribution is 2.26. The number of aryl methyl sites for hydroxylation is 1. The van der Waals surface area contributed by atoms with Gasteiger partial charge in [0.05, 0.1) is 23.9 Å². The Labute approximate surface area is 165 Å². The predicted molar refractivity (Wildman–Crippen MR) is 112 cm³/mol. The molecule has 0 amide bonds. The summed E-state index contributed by atoms with van der Waals surface area (Å²) in [6.45, 7) is 4.62. The first-order valence-electron chi connectivity index (χ1n) is 8.90. The molecular weight excluding hydrogens is 374 g/mol. The minimum absolute atomic E-state index is 0.163. The maximum atomic E-state index is 12.6. The van der Waals surface area contributed by atoms with Gasteiger partial charge in [-0.1, -0.05) is 18.2 Å². The molecule has 0 saturated heterocycles. The van der Waals surface area contributed by atoms with Gasteiger partial charge in [0.1, 0.15) is 11.6 Å². The lowest BCUT2D eigenvalue weighted by Gasteiger charge is -2.23. The van der Waals surface area contributed by atoms with Crippen molar-refractivity contribution in [2.75, 3.05) is 23.3 Å². The van der Waals surface area contributed by atoms with E-state index in [4.69, 9.17) is 4.74 Å². The number of hydrogen-bond acceptors (Lipinski definition) is 5. The molecule has 146 valence electrons. The number of pyridine rings is 1. The Bertz CT molecular complexity index is 1040. The highest BCUT2D eigenvalue weighted by Gasteiger charge is 2.17. The molecule has 1 aromatic heterocycles. The van der Waals surface area contributed by atoms with E-state index in [0.29, 0.717) is 5.75 Å². The number of benzene rings is 2. The van der Waals surface area contributed by atoms with E-state index in [1.165, 1.54) is 6.07 Å². The van der Waals surface area contributed by atoms with Crippen molar-refractivity contribution >= 4 is 27.2 Å². The van der Waals surface area contributed by atoms with Gasteiger partial charge in [-0.05, 0) is 61.9 Å². The number of anilines is 3. The molecule has 0 aliphatic carbocycles. The van der Waals surface area contributed by atoms with Crippen molar-refractivity contribution in [2.24, 2.45) is 0 Å². The average molecular weight is 398 g/mol. The molecule has 3 rings (SSSR count). The Morgan fingerprint density at radius 1 is 1.04 bits per heavy atom. The van der Waals surface area contributed by atoms with Crippen molar-refractivity contribution < 1.29 is 13.2 Å². The van der Waals surface area contributed by atoms with E-state index >= 15 is 0 Å². The highest BCUT2D eigenvalue weighted by atomic mass is 32.2. The number of hydrogen-bond donors (Lipinski definition) is 1. The largest absolute Gasteiger partial charge is 0.496 e. The zero-order chi connectivity index (χ0) is 20.1. The normalized spacial score (nSPS) is 11.1.